The topological polar surface area (TPSA) is 95.9 Å². The Kier molecular flexibility index (Phi) is 7.43. The zero-order valence-electron chi connectivity index (χ0n) is 16.0. The van der Waals surface area contributed by atoms with Crippen LogP contribution in [0, 0.1) is 0 Å². The number of carbonyl (C=O) groups is 3. The molecular weight excluding hydrogens is 381 g/mol. The first-order valence-electron chi connectivity index (χ1n) is 8.34. The quantitative estimate of drug-likeness (QED) is 0.759. The lowest BCUT2D eigenvalue weighted by atomic mass is 10.0. The number of hydrogen-bond acceptors (Lipinski definition) is 4. The summed E-state index contributed by atoms with van der Waals surface area (Å²) in [7, 11) is 1.29. The van der Waals surface area contributed by atoms with Gasteiger partial charge >= 0.3 is 18.2 Å². The zero-order valence-corrected chi connectivity index (χ0v) is 16.0. The standard InChI is InChI=1S/C18H23F3N2O5/c1-17(2,3)28-16(27)22-14(15(26)23(4)9-8-13(24)25)11-6-5-7-12(10-11)18(19,20)21/h5-7,10,14H,8-9H2,1-4H3,(H,22,27)(H,24,25). The van der Waals surface area contributed by atoms with Gasteiger partial charge in [-0.05, 0) is 38.5 Å². The van der Waals surface area contributed by atoms with Gasteiger partial charge in [0.1, 0.15) is 11.6 Å². The molecule has 28 heavy (non-hydrogen) atoms. The highest BCUT2D eigenvalue weighted by Gasteiger charge is 2.33. The van der Waals surface area contributed by atoms with Crippen molar-refractivity contribution in [1.82, 2.24) is 10.2 Å². The maximum Gasteiger partial charge on any atom is 0.416 e. The van der Waals surface area contributed by atoms with E-state index in [1.165, 1.54) is 13.1 Å². The van der Waals surface area contributed by atoms with Gasteiger partial charge in [0.15, 0.2) is 0 Å². The number of rotatable bonds is 6. The number of carbonyl (C=O) groups excluding carboxylic acids is 2. The SMILES string of the molecule is CN(CCC(=O)O)C(=O)C(NC(=O)OC(C)(C)C)c1cccc(C(F)(F)F)c1. The summed E-state index contributed by atoms with van der Waals surface area (Å²) in [6.45, 7) is 4.59. The Bertz CT molecular complexity index is 729. The van der Waals surface area contributed by atoms with Crippen LogP contribution in [-0.2, 0) is 20.5 Å². The average molecular weight is 404 g/mol. The number of alkyl carbamates (subject to hydrolysis) is 1. The second-order valence-electron chi connectivity index (χ2n) is 7.11. The zero-order chi connectivity index (χ0) is 21.7. The molecule has 156 valence electrons. The molecule has 0 fully saturated rings. The largest absolute Gasteiger partial charge is 0.481 e. The summed E-state index contributed by atoms with van der Waals surface area (Å²) < 4.78 is 44.1. The molecule has 0 aliphatic rings. The summed E-state index contributed by atoms with van der Waals surface area (Å²) in [5, 5.41) is 11.0. The van der Waals surface area contributed by atoms with Crippen molar-refractivity contribution < 1.29 is 37.4 Å². The van der Waals surface area contributed by atoms with E-state index in [1.54, 1.807) is 20.8 Å². The lowest BCUT2D eigenvalue weighted by molar-refractivity contribution is -0.139. The van der Waals surface area contributed by atoms with E-state index in [2.05, 4.69) is 5.32 Å². The normalized spacial score (nSPS) is 12.8. The van der Waals surface area contributed by atoms with E-state index in [4.69, 9.17) is 9.84 Å². The lowest BCUT2D eigenvalue weighted by Crippen LogP contribution is -2.43. The molecule has 0 aromatic heterocycles. The van der Waals surface area contributed by atoms with Gasteiger partial charge in [0, 0.05) is 13.6 Å². The fourth-order valence-corrected chi connectivity index (χ4v) is 2.20. The molecule has 0 aliphatic carbocycles. The number of carboxylic acid groups (broad SMARTS) is 1. The number of nitrogens with one attached hydrogen (secondary N) is 1. The molecule has 10 heteroatoms. The van der Waals surface area contributed by atoms with E-state index >= 15 is 0 Å². The number of halogens is 3. The van der Waals surface area contributed by atoms with Crippen LogP contribution in [0.25, 0.3) is 0 Å². The van der Waals surface area contributed by atoms with Crippen molar-refractivity contribution in [3.05, 3.63) is 35.4 Å². The van der Waals surface area contributed by atoms with Crippen LogP contribution < -0.4 is 5.32 Å². The second-order valence-corrected chi connectivity index (χ2v) is 7.11. The Morgan fingerprint density at radius 1 is 1.21 bits per heavy atom. The van der Waals surface area contributed by atoms with Crippen molar-refractivity contribution in [2.45, 2.75) is 45.0 Å². The number of alkyl halides is 3. The van der Waals surface area contributed by atoms with Gasteiger partial charge in [-0.1, -0.05) is 12.1 Å². The smallest absolute Gasteiger partial charge is 0.416 e. The third-order valence-electron chi connectivity index (χ3n) is 3.49. The summed E-state index contributed by atoms with van der Waals surface area (Å²) in [4.78, 5) is 36.5. The molecule has 0 spiro atoms. The molecule has 0 saturated carbocycles. The van der Waals surface area contributed by atoms with Crippen LogP contribution in [0.4, 0.5) is 18.0 Å². The molecule has 7 nitrogen and oxygen atoms in total. The molecule has 2 N–H and O–H groups in total. The van der Waals surface area contributed by atoms with Crippen molar-refractivity contribution in [2.75, 3.05) is 13.6 Å². The van der Waals surface area contributed by atoms with E-state index in [1.807, 2.05) is 0 Å². The van der Waals surface area contributed by atoms with Crippen LogP contribution in [-0.4, -0.2) is 47.2 Å². The van der Waals surface area contributed by atoms with Crippen LogP contribution in [0.3, 0.4) is 0 Å². The van der Waals surface area contributed by atoms with Gasteiger partial charge in [-0.25, -0.2) is 4.79 Å². The summed E-state index contributed by atoms with van der Waals surface area (Å²) in [6.07, 6.45) is -5.98. The Balaban J connectivity index is 3.19. The highest BCUT2D eigenvalue weighted by Crippen LogP contribution is 2.31. The Morgan fingerprint density at radius 2 is 1.82 bits per heavy atom. The third-order valence-corrected chi connectivity index (χ3v) is 3.49. The molecule has 1 aromatic carbocycles. The van der Waals surface area contributed by atoms with Gasteiger partial charge in [-0.15, -0.1) is 0 Å². The first-order chi connectivity index (χ1) is 12.7. The Labute approximate surface area is 160 Å². The van der Waals surface area contributed by atoms with Crippen molar-refractivity contribution in [3.63, 3.8) is 0 Å². The van der Waals surface area contributed by atoms with E-state index < -0.39 is 41.4 Å². The van der Waals surface area contributed by atoms with Crippen LogP contribution in [0.5, 0.6) is 0 Å². The van der Waals surface area contributed by atoms with Crippen molar-refractivity contribution in [1.29, 1.82) is 0 Å². The molecule has 0 aliphatic heterocycles. The predicted molar refractivity (Wildman–Crippen MR) is 93.4 cm³/mol. The maximum absolute atomic E-state index is 13.0. The van der Waals surface area contributed by atoms with Crippen LogP contribution >= 0.6 is 0 Å². The highest BCUT2D eigenvalue weighted by atomic mass is 19.4. The number of hydrogen-bond donors (Lipinski definition) is 2. The first-order valence-corrected chi connectivity index (χ1v) is 8.34. The molecule has 0 heterocycles. The fraction of sp³-hybridized carbons (Fsp3) is 0.500. The summed E-state index contributed by atoms with van der Waals surface area (Å²) in [5.74, 6) is -1.91. The van der Waals surface area contributed by atoms with Crippen LogP contribution in [0.15, 0.2) is 24.3 Å². The third kappa shape index (κ3) is 7.45. The van der Waals surface area contributed by atoms with E-state index in [9.17, 15) is 27.6 Å². The number of carboxylic acids is 1. The summed E-state index contributed by atoms with van der Waals surface area (Å²) in [6, 6.07) is 2.50. The molecule has 1 atom stereocenters. The van der Waals surface area contributed by atoms with Crippen molar-refractivity contribution in [2.24, 2.45) is 0 Å². The van der Waals surface area contributed by atoms with E-state index in [-0.39, 0.29) is 18.5 Å². The van der Waals surface area contributed by atoms with Gasteiger partial charge in [-0.2, -0.15) is 13.2 Å². The number of aliphatic carboxylic acids is 1. The first kappa shape index (κ1) is 23.3. The minimum Gasteiger partial charge on any atom is -0.481 e. The van der Waals surface area contributed by atoms with Crippen LogP contribution in [0.1, 0.15) is 44.4 Å². The summed E-state index contributed by atoms with van der Waals surface area (Å²) >= 11 is 0. The molecule has 1 aromatic rings. The van der Waals surface area contributed by atoms with Gasteiger partial charge in [0.25, 0.3) is 0 Å². The second kappa shape index (κ2) is 8.94. The number of benzene rings is 1. The molecule has 1 unspecified atom stereocenters. The highest BCUT2D eigenvalue weighted by molar-refractivity contribution is 5.87. The number of likely N-dealkylation sites (N-methyl/N-ethyl adjacent to an activating group) is 1. The van der Waals surface area contributed by atoms with Crippen LogP contribution in [0.2, 0.25) is 0 Å². The minimum absolute atomic E-state index is 0.104. The Hall–Kier alpha value is -2.78. The van der Waals surface area contributed by atoms with E-state index in [0.717, 1.165) is 23.1 Å². The average Bonchev–Trinajstić information content (AvgIpc) is 2.54. The molecular formula is C18H23F3N2O5. The molecule has 0 radical (unpaired) electrons. The van der Waals surface area contributed by atoms with Crippen molar-refractivity contribution in [3.8, 4) is 0 Å². The maximum atomic E-state index is 13.0. The Morgan fingerprint density at radius 3 is 2.32 bits per heavy atom. The van der Waals surface area contributed by atoms with Crippen molar-refractivity contribution >= 4 is 18.0 Å². The lowest BCUT2D eigenvalue weighted by Gasteiger charge is -2.27. The van der Waals surface area contributed by atoms with Gasteiger partial charge in [0.05, 0.1) is 12.0 Å². The monoisotopic (exact) mass is 404 g/mol. The molecule has 0 saturated heterocycles. The molecule has 2 amide bonds. The van der Waals surface area contributed by atoms with Gasteiger partial charge in [-0.3, -0.25) is 9.59 Å². The van der Waals surface area contributed by atoms with E-state index in [0.29, 0.717) is 0 Å². The fourth-order valence-electron chi connectivity index (χ4n) is 2.20. The molecule has 0 bridgehead atoms. The molecule has 1 rings (SSSR count). The van der Waals surface area contributed by atoms with Gasteiger partial charge in [0.2, 0.25) is 5.91 Å². The number of amides is 2. The van der Waals surface area contributed by atoms with Gasteiger partial charge < -0.3 is 20.1 Å². The number of ether oxygens (including phenoxy) is 1. The number of nitrogens with zero attached hydrogens (tertiary/aromatic N) is 1. The summed E-state index contributed by atoms with van der Waals surface area (Å²) in [5.41, 5.74) is -1.98. The predicted octanol–water partition coefficient (Wildman–Crippen LogP) is 3.20. The minimum atomic E-state index is -4.63.